The number of hydrogen-bond acceptors (Lipinski definition) is 1. The smallest absolute Gasteiger partial charge is 0.187 e. The molecule has 0 heterocycles. The Morgan fingerprint density at radius 1 is 0.850 bits per heavy atom. The zero-order valence-electron chi connectivity index (χ0n) is 10.9. The fourth-order valence-corrected chi connectivity index (χ4v) is 2.50. The Kier molecular flexibility index (Phi) is 3.94. The molecule has 2 aromatic rings. The molecule has 2 rings (SSSR count). The average molecular weight is 278 g/mol. The Morgan fingerprint density at radius 2 is 1.20 bits per heavy atom. The third kappa shape index (κ3) is 2.45. The minimum absolute atomic E-state index is 0.0265. The van der Waals surface area contributed by atoms with E-state index in [-0.39, 0.29) is 8.46 Å². The lowest BCUT2D eigenvalue weighted by Crippen LogP contribution is -2.15. The molecule has 3 nitrogen and oxygen atoms in total. The zero-order chi connectivity index (χ0) is 14.6. The molecule has 0 aromatic heterocycles. The number of nitrogens with zero attached hydrogens (tertiary/aromatic N) is 2. The summed E-state index contributed by atoms with van der Waals surface area (Å²) >= 11 is 0. The molecule has 0 aliphatic heterocycles. The highest BCUT2D eigenvalue weighted by Gasteiger charge is 2.29. The Bertz CT molecular complexity index is 649. The molecule has 0 amide bonds. The fraction of sp³-hybridized carbons (Fsp3) is 0.125. The van der Waals surface area contributed by atoms with Gasteiger partial charge >= 0.3 is 0 Å². The van der Waals surface area contributed by atoms with Crippen molar-refractivity contribution in [1.82, 2.24) is 0 Å². The van der Waals surface area contributed by atoms with Crippen LogP contribution in [0, 0.1) is 13.1 Å². The van der Waals surface area contributed by atoms with Gasteiger partial charge in [0.25, 0.3) is 0 Å². The van der Waals surface area contributed by atoms with E-state index in [9.17, 15) is 4.57 Å². The molecule has 0 saturated heterocycles. The Morgan fingerprint density at radius 3 is 1.45 bits per heavy atom. The molecule has 0 radical (unpaired) electrons. The molecule has 96 valence electrons. The molecule has 0 atom stereocenters. The van der Waals surface area contributed by atoms with E-state index in [1.807, 2.05) is 31.2 Å². The highest BCUT2D eigenvalue weighted by atomic mass is 31.1. The normalized spacial score (nSPS) is 10.8. The van der Waals surface area contributed by atoms with E-state index < -0.39 is 5.16 Å². The van der Waals surface area contributed by atoms with Crippen molar-refractivity contribution in [3.8, 4) is 0 Å². The summed E-state index contributed by atoms with van der Waals surface area (Å²) in [6.45, 7) is 15.8. The van der Waals surface area contributed by atoms with Crippen LogP contribution in [0.3, 0.4) is 0 Å². The molecule has 0 spiro atoms. The summed E-state index contributed by atoms with van der Waals surface area (Å²) in [6, 6.07) is 14.2. The Hall–Kier alpha value is -2.48. The maximum atomic E-state index is 11.7. The van der Waals surface area contributed by atoms with Crippen LogP contribution in [0.15, 0.2) is 48.5 Å². The molecule has 4 heteroatoms. The predicted molar refractivity (Wildman–Crippen MR) is 79.5 cm³/mol. The number of benzene rings is 2. The molecule has 0 aliphatic carbocycles. The first kappa shape index (κ1) is 13.9. The minimum Gasteiger partial charge on any atom is -0.274 e. The van der Waals surface area contributed by atoms with E-state index >= 15 is 0 Å². The van der Waals surface area contributed by atoms with Crippen LogP contribution in [0.2, 0.25) is 0 Å². The lowest BCUT2D eigenvalue weighted by atomic mass is 9.91. The molecular weight excluding hydrogens is 267 g/mol. The van der Waals surface area contributed by atoms with E-state index in [0.29, 0.717) is 11.4 Å². The first-order chi connectivity index (χ1) is 9.63. The molecule has 0 aliphatic rings. The summed E-state index contributed by atoms with van der Waals surface area (Å²) in [5.41, 5.74) is 2.86. The van der Waals surface area contributed by atoms with Crippen LogP contribution in [0.25, 0.3) is 9.69 Å². The molecule has 0 saturated carbocycles. The quantitative estimate of drug-likeness (QED) is 0.549. The third-order valence-electron chi connectivity index (χ3n) is 3.30. The van der Waals surface area contributed by atoms with Gasteiger partial charge in [0.2, 0.25) is 0 Å². The van der Waals surface area contributed by atoms with Gasteiger partial charge in [-0.25, -0.2) is 9.69 Å². The van der Waals surface area contributed by atoms with Gasteiger partial charge < -0.3 is 0 Å². The van der Waals surface area contributed by atoms with Crippen LogP contribution in [0.4, 0.5) is 11.4 Å². The van der Waals surface area contributed by atoms with Gasteiger partial charge in [0, 0.05) is 0 Å². The second-order valence-corrected chi connectivity index (χ2v) is 5.56. The summed E-state index contributed by atoms with van der Waals surface area (Å²) in [7, 11) is -0.0265. The van der Waals surface area contributed by atoms with Gasteiger partial charge in [-0.05, 0) is 18.1 Å². The molecule has 0 unspecified atom stereocenters. The van der Waals surface area contributed by atoms with Gasteiger partial charge in [-0.2, -0.15) is 0 Å². The predicted octanol–water partition coefficient (Wildman–Crippen LogP) is 5.34. The van der Waals surface area contributed by atoms with E-state index in [4.69, 9.17) is 13.1 Å². The van der Waals surface area contributed by atoms with E-state index in [0.717, 1.165) is 11.1 Å². The molecule has 0 bridgehead atoms. The topological polar surface area (TPSA) is 25.8 Å². The van der Waals surface area contributed by atoms with E-state index in [1.54, 1.807) is 24.3 Å². The highest BCUT2D eigenvalue weighted by molar-refractivity contribution is 7.25. The Balaban J connectivity index is 2.49. The molecular formula is C16H11N2OP. The monoisotopic (exact) mass is 278 g/mol. The van der Waals surface area contributed by atoms with Gasteiger partial charge in [0.05, 0.1) is 18.3 Å². The largest absolute Gasteiger partial charge is 0.274 e. The zero-order valence-corrected chi connectivity index (χ0v) is 11.8. The summed E-state index contributed by atoms with van der Waals surface area (Å²) < 4.78 is 11.7. The van der Waals surface area contributed by atoms with Crippen LogP contribution >= 0.6 is 8.46 Å². The van der Waals surface area contributed by atoms with Crippen molar-refractivity contribution in [3.63, 3.8) is 0 Å². The molecule has 20 heavy (non-hydrogen) atoms. The van der Waals surface area contributed by atoms with Crippen molar-refractivity contribution in [2.24, 2.45) is 0 Å². The third-order valence-corrected chi connectivity index (χ3v) is 4.18. The summed E-state index contributed by atoms with van der Waals surface area (Å²) in [4.78, 5) is 6.70. The van der Waals surface area contributed by atoms with Gasteiger partial charge in [-0.15, -0.1) is 0 Å². The maximum Gasteiger partial charge on any atom is 0.187 e. The lowest BCUT2D eigenvalue weighted by Gasteiger charge is -2.23. The van der Waals surface area contributed by atoms with Gasteiger partial charge in [0.15, 0.2) is 19.8 Å². The van der Waals surface area contributed by atoms with Gasteiger partial charge in [-0.3, -0.25) is 4.57 Å². The van der Waals surface area contributed by atoms with Crippen molar-refractivity contribution in [3.05, 3.63) is 82.5 Å². The van der Waals surface area contributed by atoms with Crippen LogP contribution in [0.1, 0.15) is 18.1 Å². The molecule has 0 N–H and O–H groups in total. The van der Waals surface area contributed by atoms with Gasteiger partial charge in [-0.1, -0.05) is 48.5 Å². The number of hydrogen-bond donors (Lipinski definition) is 0. The lowest BCUT2D eigenvalue weighted by molar-refractivity contribution is 0.582. The number of rotatable bonds is 3. The highest BCUT2D eigenvalue weighted by Crippen LogP contribution is 2.42. The summed E-state index contributed by atoms with van der Waals surface area (Å²) in [5.74, 6) is 0. The van der Waals surface area contributed by atoms with Crippen LogP contribution in [0.5, 0.6) is 0 Å². The van der Waals surface area contributed by atoms with Crippen molar-refractivity contribution in [2.45, 2.75) is 12.1 Å². The Labute approximate surface area is 119 Å². The van der Waals surface area contributed by atoms with Crippen molar-refractivity contribution >= 4 is 19.8 Å². The fourth-order valence-electron chi connectivity index (χ4n) is 1.99. The summed E-state index contributed by atoms with van der Waals surface area (Å²) in [6.07, 6.45) is 0. The maximum absolute atomic E-state index is 11.7. The van der Waals surface area contributed by atoms with Gasteiger partial charge in [0.1, 0.15) is 0 Å². The molecule has 2 aromatic carbocycles. The van der Waals surface area contributed by atoms with Crippen molar-refractivity contribution in [2.75, 3.05) is 0 Å². The van der Waals surface area contributed by atoms with Crippen LogP contribution < -0.4 is 0 Å². The molecule has 0 fully saturated rings. The summed E-state index contributed by atoms with van der Waals surface area (Å²) in [5, 5.41) is -0.679. The first-order valence-electron chi connectivity index (χ1n) is 5.94. The minimum atomic E-state index is -0.679. The second kappa shape index (κ2) is 5.66. The van der Waals surface area contributed by atoms with Crippen molar-refractivity contribution < 1.29 is 4.57 Å². The van der Waals surface area contributed by atoms with E-state index in [1.165, 1.54) is 0 Å². The second-order valence-electron chi connectivity index (χ2n) is 4.48. The van der Waals surface area contributed by atoms with Crippen LogP contribution in [-0.2, 0) is 9.72 Å². The van der Waals surface area contributed by atoms with Crippen LogP contribution in [-0.4, -0.2) is 0 Å². The first-order valence-corrected chi connectivity index (χ1v) is 6.76. The average Bonchev–Trinajstić information content (AvgIpc) is 2.54. The van der Waals surface area contributed by atoms with Crippen molar-refractivity contribution in [1.29, 1.82) is 0 Å². The SMILES string of the molecule is [C-]#[N+]c1ccc(C(C)(P=O)c2ccc([N+]#[C-])cc2)cc1. The standard InChI is InChI=1S/C16H11N2OP/c1-16(20-19,12-4-8-14(17-2)9-5-12)13-6-10-15(18-3)11-7-13/h4-11H,1H3. The van der Waals surface area contributed by atoms with E-state index in [2.05, 4.69) is 9.69 Å².